The maximum absolute atomic E-state index is 12.0. The highest BCUT2D eigenvalue weighted by Gasteiger charge is 2.18. The first-order chi connectivity index (χ1) is 10.5. The van der Waals surface area contributed by atoms with E-state index in [1.807, 2.05) is 19.1 Å². The molecule has 0 heterocycles. The monoisotopic (exact) mass is 298 g/mol. The summed E-state index contributed by atoms with van der Waals surface area (Å²) in [7, 11) is 0. The summed E-state index contributed by atoms with van der Waals surface area (Å²) in [6.45, 7) is 3.49. The van der Waals surface area contributed by atoms with Crippen molar-refractivity contribution in [2.24, 2.45) is 0 Å². The average molecular weight is 298 g/mol. The van der Waals surface area contributed by atoms with Gasteiger partial charge >= 0.3 is 5.97 Å². The molecular formula is C17H18N2O3. The molecule has 0 spiro atoms. The predicted molar refractivity (Wildman–Crippen MR) is 85.5 cm³/mol. The highest BCUT2D eigenvalue weighted by molar-refractivity contribution is 5.97. The van der Waals surface area contributed by atoms with Gasteiger partial charge in [-0.05, 0) is 50.2 Å². The lowest BCUT2D eigenvalue weighted by molar-refractivity contribution is -0.123. The van der Waals surface area contributed by atoms with Gasteiger partial charge in [0.05, 0.1) is 5.56 Å². The van der Waals surface area contributed by atoms with Crippen LogP contribution in [0.3, 0.4) is 0 Å². The first-order valence-electron chi connectivity index (χ1n) is 6.90. The number of amides is 1. The molecular weight excluding hydrogens is 280 g/mol. The van der Waals surface area contributed by atoms with Crippen LogP contribution in [-0.2, 0) is 9.53 Å². The first-order valence-corrected chi connectivity index (χ1v) is 6.90. The Labute approximate surface area is 129 Å². The lowest BCUT2D eigenvalue weighted by atomic mass is 10.2. The third-order valence-electron chi connectivity index (χ3n) is 3.12. The number of nitrogen functional groups attached to an aromatic ring is 1. The number of nitrogens with two attached hydrogens (primary N) is 1. The second-order valence-electron chi connectivity index (χ2n) is 5.02. The Morgan fingerprint density at radius 3 is 2.23 bits per heavy atom. The fraction of sp³-hybridized carbons (Fsp3) is 0.176. The van der Waals surface area contributed by atoms with E-state index in [2.05, 4.69) is 5.32 Å². The average Bonchev–Trinajstić information content (AvgIpc) is 2.50. The van der Waals surface area contributed by atoms with Crippen molar-refractivity contribution in [2.45, 2.75) is 20.0 Å². The summed E-state index contributed by atoms with van der Waals surface area (Å²) in [5.74, 6) is -0.945. The van der Waals surface area contributed by atoms with Crippen LogP contribution in [0.4, 0.5) is 11.4 Å². The van der Waals surface area contributed by atoms with E-state index in [1.165, 1.54) is 6.92 Å². The number of carbonyl (C=O) groups excluding carboxylic acids is 2. The highest BCUT2D eigenvalue weighted by Crippen LogP contribution is 2.11. The van der Waals surface area contributed by atoms with E-state index < -0.39 is 12.1 Å². The lowest BCUT2D eigenvalue weighted by Crippen LogP contribution is -2.30. The Bertz CT molecular complexity index is 663. The first kappa shape index (κ1) is 15.6. The predicted octanol–water partition coefficient (Wildman–Crippen LogP) is 2.76. The Kier molecular flexibility index (Phi) is 4.78. The van der Waals surface area contributed by atoms with Gasteiger partial charge in [-0.3, -0.25) is 4.79 Å². The van der Waals surface area contributed by atoms with Crippen molar-refractivity contribution in [1.29, 1.82) is 0 Å². The number of hydrogen-bond donors (Lipinski definition) is 2. The minimum absolute atomic E-state index is 0.351. The maximum atomic E-state index is 12.0. The van der Waals surface area contributed by atoms with Crippen LogP contribution in [0.2, 0.25) is 0 Å². The van der Waals surface area contributed by atoms with Crippen molar-refractivity contribution in [1.82, 2.24) is 0 Å². The molecule has 0 saturated carbocycles. The summed E-state index contributed by atoms with van der Waals surface area (Å²) in [6, 6.07) is 13.7. The third kappa shape index (κ3) is 4.09. The van der Waals surface area contributed by atoms with E-state index in [0.29, 0.717) is 16.9 Å². The van der Waals surface area contributed by atoms with E-state index in [0.717, 1.165) is 5.56 Å². The zero-order valence-corrected chi connectivity index (χ0v) is 12.5. The summed E-state index contributed by atoms with van der Waals surface area (Å²) < 4.78 is 5.14. The molecule has 1 atom stereocenters. The molecule has 0 saturated heterocycles. The molecule has 2 aromatic carbocycles. The molecule has 0 aliphatic heterocycles. The van der Waals surface area contributed by atoms with Gasteiger partial charge in [-0.25, -0.2) is 4.79 Å². The Morgan fingerprint density at radius 2 is 1.64 bits per heavy atom. The van der Waals surface area contributed by atoms with Crippen LogP contribution in [0.5, 0.6) is 0 Å². The molecule has 2 aromatic rings. The highest BCUT2D eigenvalue weighted by atomic mass is 16.5. The molecule has 0 bridgehead atoms. The number of aryl methyl sites for hydroxylation is 1. The molecule has 0 fully saturated rings. The second-order valence-corrected chi connectivity index (χ2v) is 5.02. The van der Waals surface area contributed by atoms with Gasteiger partial charge in [0.25, 0.3) is 5.91 Å². The van der Waals surface area contributed by atoms with E-state index in [9.17, 15) is 9.59 Å². The fourth-order valence-corrected chi connectivity index (χ4v) is 1.78. The zero-order chi connectivity index (χ0) is 16.1. The quantitative estimate of drug-likeness (QED) is 0.671. The fourth-order valence-electron chi connectivity index (χ4n) is 1.78. The molecule has 3 N–H and O–H groups in total. The van der Waals surface area contributed by atoms with E-state index in [-0.39, 0.29) is 5.91 Å². The van der Waals surface area contributed by atoms with Crippen molar-refractivity contribution in [3.63, 3.8) is 0 Å². The molecule has 2 rings (SSSR count). The summed E-state index contributed by atoms with van der Waals surface area (Å²) in [5, 5.41) is 2.70. The van der Waals surface area contributed by atoms with Gasteiger partial charge in [0.15, 0.2) is 6.10 Å². The van der Waals surface area contributed by atoms with Crippen molar-refractivity contribution < 1.29 is 14.3 Å². The maximum Gasteiger partial charge on any atom is 0.338 e. The minimum Gasteiger partial charge on any atom is -0.449 e. The van der Waals surface area contributed by atoms with Crippen LogP contribution in [0, 0.1) is 6.92 Å². The smallest absolute Gasteiger partial charge is 0.338 e. The number of rotatable bonds is 4. The van der Waals surface area contributed by atoms with Crippen LogP contribution in [0.25, 0.3) is 0 Å². The molecule has 114 valence electrons. The van der Waals surface area contributed by atoms with Gasteiger partial charge in [0.2, 0.25) is 0 Å². The topological polar surface area (TPSA) is 81.4 Å². The van der Waals surface area contributed by atoms with Crippen molar-refractivity contribution in [3.05, 3.63) is 59.7 Å². The van der Waals surface area contributed by atoms with Gasteiger partial charge < -0.3 is 15.8 Å². The standard InChI is InChI=1S/C17H18N2O3/c1-11-3-9-15(10-4-11)19-16(20)12(2)22-17(21)13-5-7-14(18)8-6-13/h3-10,12H,18H2,1-2H3,(H,19,20)/t12-/m1/s1. The minimum atomic E-state index is -0.897. The summed E-state index contributed by atoms with van der Waals surface area (Å²) in [5.41, 5.74) is 8.22. The molecule has 22 heavy (non-hydrogen) atoms. The SMILES string of the molecule is Cc1ccc(NC(=O)[C@@H](C)OC(=O)c2ccc(N)cc2)cc1. The molecule has 0 aromatic heterocycles. The zero-order valence-electron chi connectivity index (χ0n) is 12.5. The second kappa shape index (κ2) is 6.76. The van der Waals surface area contributed by atoms with Gasteiger partial charge in [0, 0.05) is 11.4 Å². The van der Waals surface area contributed by atoms with Crippen LogP contribution < -0.4 is 11.1 Å². The number of hydrogen-bond acceptors (Lipinski definition) is 4. The Hall–Kier alpha value is -2.82. The number of nitrogens with one attached hydrogen (secondary N) is 1. The normalized spacial score (nSPS) is 11.5. The van der Waals surface area contributed by atoms with Gasteiger partial charge in [0.1, 0.15) is 0 Å². The number of esters is 1. The molecule has 0 radical (unpaired) electrons. The largest absolute Gasteiger partial charge is 0.449 e. The van der Waals surface area contributed by atoms with Gasteiger partial charge in [-0.15, -0.1) is 0 Å². The summed E-state index contributed by atoms with van der Waals surface area (Å²) in [6.07, 6.45) is -0.897. The molecule has 5 heteroatoms. The van der Waals surface area contributed by atoms with E-state index in [4.69, 9.17) is 10.5 Å². The van der Waals surface area contributed by atoms with E-state index >= 15 is 0 Å². The summed E-state index contributed by atoms with van der Waals surface area (Å²) >= 11 is 0. The van der Waals surface area contributed by atoms with Crippen molar-refractivity contribution in [3.8, 4) is 0 Å². The third-order valence-corrected chi connectivity index (χ3v) is 3.12. The van der Waals surface area contributed by atoms with Crippen LogP contribution in [-0.4, -0.2) is 18.0 Å². The van der Waals surface area contributed by atoms with Crippen molar-refractivity contribution in [2.75, 3.05) is 11.1 Å². The van der Waals surface area contributed by atoms with Gasteiger partial charge in [-0.2, -0.15) is 0 Å². The Morgan fingerprint density at radius 1 is 1.05 bits per heavy atom. The number of anilines is 2. The van der Waals surface area contributed by atoms with Crippen molar-refractivity contribution >= 4 is 23.3 Å². The van der Waals surface area contributed by atoms with E-state index in [1.54, 1.807) is 36.4 Å². The number of carbonyl (C=O) groups is 2. The number of ether oxygens (including phenoxy) is 1. The molecule has 5 nitrogen and oxygen atoms in total. The summed E-state index contributed by atoms with van der Waals surface area (Å²) in [4.78, 5) is 23.9. The van der Waals surface area contributed by atoms with Crippen LogP contribution in [0.1, 0.15) is 22.8 Å². The Balaban J connectivity index is 1.94. The lowest BCUT2D eigenvalue weighted by Gasteiger charge is -2.13. The number of benzene rings is 2. The van der Waals surface area contributed by atoms with Crippen LogP contribution in [0.15, 0.2) is 48.5 Å². The molecule has 0 aliphatic carbocycles. The van der Waals surface area contributed by atoms with Crippen LogP contribution >= 0.6 is 0 Å². The molecule has 0 aliphatic rings. The molecule has 1 amide bonds. The molecule has 0 unspecified atom stereocenters. The van der Waals surface area contributed by atoms with Gasteiger partial charge in [-0.1, -0.05) is 17.7 Å².